The smallest absolute Gasteiger partial charge is 0.268 e. The third-order valence-electron chi connectivity index (χ3n) is 6.94. The molecule has 3 aromatic carbocycles. The number of nitrogens with zero attached hydrogens (tertiary/aromatic N) is 1. The van der Waals surface area contributed by atoms with E-state index in [9.17, 15) is 8.42 Å². The van der Waals surface area contributed by atoms with Crippen molar-refractivity contribution in [2.75, 3.05) is 20.8 Å². The Labute approximate surface area is 238 Å². The molecule has 40 heavy (non-hydrogen) atoms. The first-order chi connectivity index (χ1) is 19.5. The average molecular weight is 562 g/mol. The van der Waals surface area contributed by atoms with Crippen molar-refractivity contribution in [1.82, 2.24) is 3.97 Å². The standard InChI is InChI=1S/C33H39NO5S/c1-37-29-20-22-30(23-21-29)40(35,36)34-25-28(33-31(34)18-14-19-32(33)38-2)17-12-7-5-3-4-6-8-13-24-39-26-27-15-10-9-11-16-27/h9-12,14-23,25H,3-8,13,24,26H2,1-2H3. The van der Waals surface area contributed by atoms with Crippen LogP contribution in [0.1, 0.15) is 56.1 Å². The second kappa shape index (κ2) is 14.7. The number of ether oxygens (including phenoxy) is 3. The Bertz CT molecular complexity index is 1470. The molecule has 0 amide bonds. The number of fused-ring (bicyclic) bond motifs is 1. The van der Waals surface area contributed by atoms with Crippen molar-refractivity contribution in [2.45, 2.75) is 56.4 Å². The second-order valence-electron chi connectivity index (χ2n) is 9.77. The van der Waals surface area contributed by atoms with Crippen LogP contribution in [0.2, 0.25) is 0 Å². The van der Waals surface area contributed by atoms with Crippen molar-refractivity contribution in [3.63, 3.8) is 0 Å². The number of allylic oxidation sites excluding steroid dienone is 1. The van der Waals surface area contributed by atoms with Crippen molar-refractivity contribution in [3.05, 3.63) is 96.2 Å². The van der Waals surface area contributed by atoms with Crippen LogP contribution in [0.25, 0.3) is 17.0 Å². The molecule has 4 rings (SSSR count). The highest BCUT2D eigenvalue weighted by atomic mass is 32.2. The van der Waals surface area contributed by atoms with E-state index in [2.05, 4.69) is 18.2 Å². The number of methoxy groups -OCH3 is 2. The van der Waals surface area contributed by atoms with Crippen molar-refractivity contribution < 1.29 is 22.6 Å². The Morgan fingerprint density at radius 1 is 0.775 bits per heavy atom. The predicted molar refractivity (Wildman–Crippen MR) is 162 cm³/mol. The summed E-state index contributed by atoms with van der Waals surface area (Å²) in [7, 11) is -0.642. The number of hydrogen-bond acceptors (Lipinski definition) is 5. The molecule has 0 bridgehead atoms. The zero-order valence-corrected chi connectivity index (χ0v) is 24.2. The van der Waals surface area contributed by atoms with E-state index in [1.807, 2.05) is 42.5 Å². The molecule has 0 atom stereocenters. The number of aromatic nitrogens is 1. The molecule has 0 aliphatic rings. The van der Waals surface area contributed by atoms with Crippen molar-refractivity contribution >= 4 is 27.0 Å². The number of unbranched alkanes of at least 4 members (excludes halogenated alkanes) is 6. The molecule has 4 aromatic rings. The van der Waals surface area contributed by atoms with Gasteiger partial charge >= 0.3 is 0 Å². The predicted octanol–water partition coefficient (Wildman–Crippen LogP) is 7.86. The van der Waals surface area contributed by atoms with Crippen LogP contribution >= 0.6 is 0 Å². The molecule has 1 aromatic heterocycles. The maximum Gasteiger partial charge on any atom is 0.268 e. The molecule has 7 heteroatoms. The Morgan fingerprint density at radius 3 is 2.23 bits per heavy atom. The van der Waals surface area contributed by atoms with E-state index in [0.717, 1.165) is 36.8 Å². The summed E-state index contributed by atoms with van der Waals surface area (Å²) in [5.41, 5.74) is 2.63. The molecule has 0 spiro atoms. The van der Waals surface area contributed by atoms with Crippen molar-refractivity contribution in [2.24, 2.45) is 0 Å². The Kier molecular flexibility index (Phi) is 10.8. The molecule has 6 nitrogen and oxygen atoms in total. The van der Waals surface area contributed by atoms with Crippen molar-refractivity contribution in [1.29, 1.82) is 0 Å². The molecule has 0 fully saturated rings. The summed E-state index contributed by atoms with van der Waals surface area (Å²) >= 11 is 0. The molecule has 0 unspecified atom stereocenters. The van der Waals surface area contributed by atoms with Crippen LogP contribution in [0.5, 0.6) is 11.5 Å². The van der Waals surface area contributed by atoms with Gasteiger partial charge in [0, 0.05) is 18.4 Å². The highest BCUT2D eigenvalue weighted by molar-refractivity contribution is 7.90. The lowest BCUT2D eigenvalue weighted by atomic mass is 10.1. The number of hydrogen-bond donors (Lipinski definition) is 0. The minimum atomic E-state index is -3.80. The fraction of sp³-hybridized carbons (Fsp3) is 0.333. The van der Waals surface area contributed by atoms with Crippen LogP contribution in [0.4, 0.5) is 0 Å². The van der Waals surface area contributed by atoms with Crippen LogP contribution in [0.15, 0.2) is 90.0 Å². The van der Waals surface area contributed by atoms with Gasteiger partial charge in [-0.2, -0.15) is 0 Å². The Balaban J connectivity index is 1.29. The lowest BCUT2D eigenvalue weighted by molar-refractivity contribution is 0.116. The van der Waals surface area contributed by atoms with Crippen LogP contribution in [-0.4, -0.2) is 33.2 Å². The van der Waals surface area contributed by atoms with E-state index in [0.29, 0.717) is 23.6 Å². The summed E-state index contributed by atoms with van der Waals surface area (Å²) in [5.74, 6) is 1.25. The maximum atomic E-state index is 13.5. The molecule has 212 valence electrons. The van der Waals surface area contributed by atoms with Gasteiger partial charge in [0.2, 0.25) is 0 Å². The average Bonchev–Trinajstić information content (AvgIpc) is 3.38. The first-order valence-corrected chi connectivity index (χ1v) is 15.3. The monoisotopic (exact) mass is 561 g/mol. The van der Waals surface area contributed by atoms with Gasteiger partial charge in [-0.05, 0) is 61.2 Å². The highest BCUT2D eigenvalue weighted by Gasteiger charge is 2.22. The van der Waals surface area contributed by atoms with Gasteiger partial charge in [0.15, 0.2) is 0 Å². The zero-order chi connectivity index (χ0) is 28.2. The minimum Gasteiger partial charge on any atom is -0.497 e. The molecule has 0 saturated carbocycles. The summed E-state index contributed by atoms with van der Waals surface area (Å²) in [6.07, 6.45) is 13.7. The lowest BCUT2D eigenvalue weighted by Gasteiger charge is -2.09. The largest absolute Gasteiger partial charge is 0.497 e. The fourth-order valence-electron chi connectivity index (χ4n) is 4.76. The SMILES string of the molecule is COc1ccc(S(=O)(=O)n2cc(C=CCCCCCCCCOCc3ccccc3)c3c(OC)cccc32)cc1. The van der Waals surface area contributed by atoms with Crippen LogP contribution in [0, 0.1) is 0 Å². The molecule has 0 N–H and O–H groups in total. The van der Waals surface area contributed by atoms with Gasteiger partial charge in [0.1, 0.15) is 11.5 Å². The van der Waals surface area contributed by atoms with Gasteiger partial charge in [0.05, 0.1) is 36.6 Å². The molecule has 0 aliphatic carbocycles. The van der Waals surface area contributed by atoms with E-state index >= 15 is 0 Å². The summed E-state index contributed by atoms with van der Waals surface area (Å²) in [6.45, 7) is 1.49. The van der Waals surface area contributed by atoms with Gasteiger partial charge in [0.25, 0.3) is 10.0 Å². The third-order valence-corrected chi connectivity index (χ3v) is 8.63. The van der Waals surface area contributed by atoms with E-state index in [1.54, 1.807) is 44.7 Å². The summed E-state index contributed by atoms with van der Waals surface area (Å²) in [6, 6.07) is 22.2. The van der Waals surface area contributed by atoms with E-state index in [-0.39, 0.29) is 4.90 Å². The Morgan fingerprint density at radius 2 is 1.50 bits per heavy atom. The van der Waals surface area contributed by atoms with Crippen molar-refractivity contribution in [3.8, 4) is 11.5 Å². The fourth-order valence-corrected chi connectivity index (χ4v) is 6.13. The van der Waals surface area contributed by atoms with Gasteiger partial charge in [-0.25, -0.2) is 12.4 Å². The molecular formula is C33H39NO5S. The first-order valence-electron chi connectivity index (χ1n) is 13.9. The molecule has 0 radical (unpaired) electrons. The summed E-state index contributed by atoms with van der Waals surface area (Å²) in [5, 5.41) is 0.785. The molecule has 0 aliphatic heterocycles. The Hall–Kier alpha value is -3.55. The van der Waals surface area contributed by atoms with Crippen LogP contribution in [-0.2, 0) is 21.4 Å². The lowest BCUT2D eigenvalue weighted by Crippen LogP contribution is -2.11. The number of benzene rings is 3. The number of rotatable bonds is 16. The normalized spacial score (nSPS) is 11.8. The summed E-state index contributed by atoms with van der Waals surface area (Å²) in [4.78, 5) is 0.200. The summed E-state index contributed by atoms with van der Waals surface area (Å²) < 4.78 is 44.9. The van der Waals surface area contributed by atoms with Gasteiger partial charge in [-0.1, -0.05) is 74.2 Å². The topological polar surface area (TPSA) is 66.8 Å². The molecule has 0 saturated heterocycles. The molecular weight excluding hydrogens is 522 g/mol. The third kappa shape index (κ3) is 7.55. The minimum absolute atomic E-state index is 0.200. The van der Waals surface area contributed by atoms with Gasteiger partial charge < -0.3 is 14.2 Å². The van der Waals surface area contributed by atoms with E-state index in [4.69, 9.17) is 14.2 Å². The maximum absolute atomic E-state index is 13.5. The van der Waals surface area contributed by atoms with Crippen LogP contribution < -0.4 is 9.47 Å². The van der Waals surface area contributed by atoms with E-state index < -0.39 is 10.0 Å². The quantitative estimate of drug-likeness (QED) is 0.130. The van der Waals surface area contributed by atoms with E-state index in [1.165, 1.54) is 35.2 Å². The van der Waals surface area contributed by atoms with Crippen LogP contribution in [0.3, 0.4) is 0 Å². The highest BCUT2D eigenvalue weighted by Crippen LogP contribution is 2.34. The first kappa shape index (κ1) is 29.4. The zero-order valence-electron chi connectivity index (χ0n) is 23.4. The molecule has 1 heterocycles. The van der Waals surface area contributed by atoms with Gasteiger partial charge in [-0.15, -0.1) is 0 Å². The second-order valence-corrected chi connectivity index (χ2v) is 11.6. The van der Waals surface area contributed by atoms with Gasteiger partial charge in [-0.3, -0.25) is 0 Å².